The fraction of sp³-hybridized carbons (Fsp3) is 0.500. The molecule has 1 aromatic carbocycles. The lowest BCUT2D eigenvalue weighted by Crippen LogP contribution is -2.30. The summed E-state index contributed by atoms with van der Waals surface area (Å²) in [6, 6.07) is 7.68. The predicted octanol–water partition coefficient (Wildman–Crippen LogP) is 2.09. The molecule has 0 bridgehead atoms. The molecular formula is C16H23NO4. The summed E-state index contributed by atoms with van der Waals surface area (Å²) >= 11 is 0. The smallest absolute Gasteiger partial charge is 0.305 e. The first-order valence-corrected chi connectivity index (χ1v) is 7.29. The fourth-order valence-electron chi connectivity index (χ4n) is 1.75. The van der Waals surface area contributed by atoms with Crippen LogP contribution < -0.4 is 10.1 Å². The van der Waals surface area contributed by atoms with E-state index in [0.29, 0.717) is 31.7 Å². The van der Waals surface area contributed by atoms with E-state index in [2.05, 4.69) is 12.2 Å². The van der Waals surface area contributed by atoms with Gasteiger partial charge in [0.2, 0.25) is 0 Å². The molecule has 1 rings (SSSR count). The highest BCUT2D eigenvalue weighted by Crippen LogP contribution is 2.13. The molecule has 0 fully saturated rings. The van der Waals surface area contributed by atoms with E-state index in [0.717, 1.165) is 6.42 Å². The van der Waals surface area contributed by atoms with E-state index >= 15 is 0 Å². The summed E-state index contributed by atoms with van der Waals surface area (Å²) < 4.78 is 10.2. The van der Waals surface area contributed by atoms with Crippen molar-refractivity contribution >= 4 is 11.9 Å². The van der Waals surface area contributed by atoms with Crippen LogP contribution in [-0.4, -0.2) is 31.6 Å². The Kier molecular flexibility index (Phi) is 7.94. The van der Waals surface area contributed by atoms with Gasteiger partial charge in [-0.05, 0) is 37.5 Å². The number of carbonyl (C=O) groups excluding carboxylic acids is 2. The first-order chi connectivity index (χ1) is 10.2. The van der Waals surface area contributed by atoms with E-state index in [1.807, 2.05) is 24.3 Å². The number of benzene rings is 1. The standard InChI is InChI=1S/C16H23NO4/c1-3-13-7-5-8-14(11-13)21-12-15(18)17-10-6-9-16(19)20-4-2/h5,7-8,11H,3-4,6,9-10,12H2,1-2H3,(H,17,18). The Labute approximate surface area is 125 Å². The van der Waals surface area contributed by atoms with Gasteiger partial charge in [0.15, 0.2) is 6.61 Å². The SMILES string of the molecule is CCOC(=O)CCCNC(=O)COc1cccc(CC)c1. The van der Waals surface area contributed by atoms with E-state index in [1.54, 1.807) is 6.92 Å². The van der Waals surface area contributed by atoms with Crippen molar-refractivity contribution in [2.45, 2.75) is 33.1 Å². The molecule has 0 saturated heterocycles. The predicted molar refractivity (Wildman–Crippen MR) is 80.2 cm³/mol. The van der Waals surface area contributed by atoms with Gasteiger partial charge in [0.1, 0.15) is 5.75 Å². The summed E-state index contributed by atoms with van der Waals surface area (Å²) in [5, 5.41) is 2.71. The van der Waals surface area contributed by atoms with Crippen LogP contribution in [0, 0.1) is 0 Å². The summed E-state index contributed by atoms with van der Waals surface area (Å²) in [4.78, 5) is 22.7. The highest BCUT2D eigenvalue weighted by molar-refractivity contribution is 5.77. The minimum atomic E-state index is -0.237. The quantitative estimate of drug-likeness (QED) is 0.559. The molecule has 116 valence electrons. The van der Waals surface area contributed by atoms with Crippen molar-refractivity contribution in [1.29, 1.82) is 0 Å². The molecule has 5 heteroatoms. The third kappa shape index (κ3) is 7.34. The summed E-state index contributed by atoms with van der Waals surface area (Å²) in [5.41, 5.74) is 1.17. The number of esters is 1. The van der Waals surface area contributed by atoms with Crippen LogP contribution in [0.5, 0.6) is 5.75 Å². The van der Waals surface area contributed by atoms with Gasteiger partial charge in [-0.1, -0.05) is 19.1 Å². The first kappa shape index (κ1) is 17.0. The maximum atomic E-state index is 11.6. The second-order valence-electron chi connectivity index (χ2n) is 4.55. The third-order valence-electron chi connectivity index (χ3n) is 2.86. The van der Waals surface area contributed by atoms with E-state index < -0.39 is 0 Å². The van der Waals surface area contributed by atoms with Crippen LogP contribution in [0.15, 0.2) is 24.3 Å². The van der Waals surface area contributed by atoms with Crippen molar-refractivity contribution in [2.75, 3.05) is 19.8 Å². The van der Waals surface area contributed by atoms with Crippen LogP contribution in [0.4, 0.5) is 0 Å². The van der Waals surface area contributed by atoms with Gasteiger partial charge in [-0.3, -0.25) is 9.59 Å². The van der Waals surface area contributed by atoms with E-state index in [4.69, 9.17) is 9.47 Å². The minimum absolute atomic E-state index is 0.0213. The number of aryl methyl sites for hydroxylation is 1. The zero-order valence-corrected chi connectivity index (χ0v) is 12.7. The highest BCUT2D eigenvalue weighted by atomic mass is 16.5. The van der Waals surface area contributed by atoms with Crippen molar-refractivity contribution in [2.24, 2.45) is 0 Å². The Morgan fingerprint density at radius 1 is 1.24 bits per heavy atom. The zero-order valence-electron chi connectivity index (χ0n) is 12.7. The van der Waals surface area contributed by atoms with Gasteiger partial charge in [0, 0.05) is 13.0 Å². The molecule has 1 amide bonds. The van der Waals surface area contributed by atoms with Crippen molar-refractivity contribution in [1.82, 2.24) is 5.32 Å². The monoisotopic (exact) mass is 293 g/mol. The number of rotatable bonds is 9. The first-order valence-electron chi connectivity index (χ1n) is 7.29. The van der Waals surface area contributed by atoms with Crippen molar-refractivity contribution in [3.63, 3.8) is 0 Å². The van der Waals surface area contributed by atoms with Gasteiger partial charge in [-0.2, -0.15) is 0 Å². The molecule has 0 unspecified atom stereocenters. The lowest BCUT2D eigenvalue weighted by molar-refractivity contribution is -0.143. The Morgan fingerprint density at radius 3 is 2.76 bits per heavy atom. The third-order valence-corrected chi connectivity index (χ3v) is 2.86. The molecule has 0 atom stereocenters. The Morgan fingerprint density at radius 2 is 2.05 bits per heavy atom. The molecule has 0 heterocycles. The number of hydrogen-bond donors (Lipinski definition) is 1. The van der Waals surface area contributed by atoms with Crippen LogP contribution >= 0.6 is 0 Å². The fourth-order valence-corrected chi connectivity index (χ4v) is 1.75. The van der Waals surface area contributed by atoms with Crippen molar-refractivity contribution < 1.29 is 19.1 Å². The summed E-state index contributed by atoms with van der Waals surface area (Å²) in [6.07, 6.45) is 1.81. The van der Waals surface area contributed by atoms with Gasteiger partial charge in [0.25, 0.3) is 5.91 Å². The second-order valence-corrected chi connectivity index (χ2v) is 4.55. The molecular weight excluding hydrogens is 270 g/mol. The lowest BCUT2D eigenvalue weighted by atomic mass is 10.2. The number of amides is 1. The van der Waals surface area contributed by atoms with Gasteiger partial charge in [-0.25, -0.2) is 0 Å². The maximum absolute atomic E-state index is 11.6. The van der Waals surface area contributed by atoms with Gasteiger partial charge >= 0.3 is 5.97 Å². The number of hydrogen-bond acceptors (Lipinski definition) is 4. The molecule has 0 saturated carbocycles. The molecule has 0 spiro atoms. The molecule has 5 nitrogen and oxygen atoms in total. The molecule has 0 aliphatic carbocycles. The van der Waals surface area contributed by atoms with Crippen LogP contribution in [0.3, 0.4) is 0 Å². The Balaban J connectivity index is 2.17. The zero-order chi connectivity index (χ0) is 15.5. The molecule has 21 heavy (non-hydrogen) atoms. The number of carbonyl (C=O) groups is 2. The molecule has 1 aromatic rings. The Bertz CT molecular complexity index is 459. The van der Waals surface area contributed by atoms with E-state index in [9.17, 15) is 9.59 Å². The van der Waals surface area contributed by atoms with Crippen molar-refractivity contribution in [3.8, 4) is 5.75 Å². The summed E-state index contributed by atoms with van der Waals surface area (Å²) in [7, 11) is 0. The average molecular weight is 293 g/mol. The van der Waals surface area contributed by atoms with Gasteiger partial charge in [-0.15, -0.1) is 0 Å². The second kappa shape index (κ2) is 9.80. The van der Waals surface area contributed by atoms with Crippen LogP contribution in [0.25, 0.3) is 0 Å². The van der Waals surface area contributed by atoms with Crippen LogP contribution in [-0.2, 0) is 20.7 Å². The molecule has 0 aromatic heterocycles. The maximum Gasteiger partial charge on any atom is 0.305 e. The van der Waals surface area contributed by atoms with E-state index in [1.165, 1.54) is 5.56 Å². The normalized spacial score (nSPS) is 10.0. The van der Waals surface area contributed by atoms with Crippen molar-refractivity contribution in [3.05, 3.63) is 29.8 Å². The van der Waals surface area contributed by atoms with Gasteiger partial charge in [0.05, 0.1) is 6.61 Å². The summed E-state index contributed by atoms with van der Waals surface area (Å²) in [6.45, 7) is 4.64. The summed E-state index contributed by atoms with van der Waals surface area (Å²) in [5.74, 6) is 0.260. The lowest BCUT2D eigenvalue weighted by Gasteiger charge is -2.08. The molecule has 1 N–H and O–H groups in total. The number of nitrogens with one attached hydrogen (secondary N) is 1. The molecule has 0 radical (unpaired) electrons. The molecule has 0 aliphatic rings. The average Bonchev–Trinajstić information content (AvgIpc) is 2.50. The highest BCUT2D eigenvalue weighted by Gasteiger charge is 2.04. The number of ether oxygens (including phenoxy) is 2. The van der Waals surface area contributed by atoms with E-state index in [-0.39, 0.29) is 18.5 Å². The Hall–Kier alpha value is -2.04. The van der Waals surface area contributed by atoms with Crippen LogP contribution in [0.2, 0.25) is 0 Å². The largest absolute Gasteiger partial charge is 0.484 e. The topological polar surface area (TPSA) is 64.6 Å². The minimum Gasteiger partial charge on any atom is -0.484 e. The molecule has 0 aliphatic heterocycles. The van der Waals surface area contributed by atoms with Gasteiger partial charge < -0.3 is 14.8 Å². The van der Waals surface area contributed by atoms with Crippen LogP contribution in [0.1, 0.15) is 32.3 Å².